The van der Waals surface area contributed by atoms with Crippen molar-refractivity contribution in [1.82, 2.24) is 0 Å². The number of hydrogen-bond donors (Lipinski definition) is 0. The van der Waals surface area contributed by atoms with Crippen LogP contribution >= 0.6 is 0 Å². The monoisotopic (exact) mass is 211 g/mol. The number of nitrogens with zero attached hydrogens (tertiary/aromatic N) is 1. The Labute approximate surface area is 91.9 Å². The van der Waals surface area contributed by atoms with E-state index in [1.807, 2.05) is 20.8 Å². The molecule has 1 saturated carbocycles. The van der Waals surface area contributed by atoms with Crippen molar-refractivity contribution in [3.8, 4) is 0 Å². The van der Waals surface area contributed by atoms with Crippen LogP contribution in [0.25, 0.3) is 0 Å². The zero-order valence-corrected chi connectivity index (χ0v) is 9.95. The van der Waals surface area contributed by atoms with E-state index in [1.165, 1.54) is 25.5 Å². The number of ether oxygens (including phenoxy) is 1. The molecule has 86 valence electrons. The first-order valence-corrected chi connectivity index (χ1v) is 5.73. The topological polar surface area (TPSA) is 38.7 Å². The second-order valence-corrected chi connectivity index (χ2v) is 5.10. The first kappa shape index (κ1) is 12.2. The summed E-state index contributed by atoms with van der Waals surface area (Å²) in [7, 11) is 0. The van der Waals surface area contributed by atoms with E-state index in [-0.39, 0.29) is 5.97 Å². The molecule has 0 bridgehead atoms. The lowest BCUT2D eigenvalue weighted by atomic mass is 9.96. The summed E-state index contributed by atoms with van der Waals surface area (Å²) in [6, 6.07) is 0.339. The predicted molar refractivity (Wildman–Crippen MR) is 61.2 cm³/mol. The van der Waals surface area contributed by atoms with Gasteiger partial charge >= 0.3 is 5.97 Å². The molecule has 0 heterocycles. The molecule has 0 amide bonds. The van der Waals surface area contributed by atoms with E-state index in [0.717, 1.165) is 12.8 Å². The van der Waals surface area contributed by atoms with Crippen LogP contribution < -0.4 is 0 Å². The molecule has 1 aliphatic carbocycles. The summed E-state index contributed by atoms with van der Waals surface area (Å²) in [5.41, 5.74) is -0.421. The summed E-state index contributed by atoms with van der Waals surface area (Å²) >= 11 is 0. The Balaban J connectivity index is 2.33. The number of esters is 1. The third-order valence-electron chi connectivity index (χ3n) is 2.37. The second kappa shape index (κ2) is 5.29. The highest BCUT2D eigenvalue weighted by molar-refractivity contribution is 6.23. The molecule has 1 aliphatic rings. The first-order chi connectivity index (χ1) is 6.97. The molecule has 0 atom stereocenters. The molecule has 0 N–H and O–H groups in total. The molecule has 0 spiro atoms. The SMILES string of the molecule is CC(C)(C)OC(=O)C=NC1CCCCC1. The minimum Gasteiger partial charge on any atom is -0.456 e. The van der Waals surface area contributed by atoms with Crippen LogP contribution in [0.2, 0.25) is 0 Å². The summed E-state index contributed by atoms with van der Waals surface area (Å²) in [5, 5.41) is 0. The fourth-order valence-electron chi connectivity index (χ4n) is 1.72. The van der Waals surface area contributed by atoms with Gasteiger partial charge in [-0.15, -0.1) is 0 Å². The molecule has 0 radical (unpaired) electrons. The maximum atomic E-state index is 11.3. The van der Waals surface area contributed by atoms with Crippen molar-refractivity contribution >= 4 is 12.2 Å². The Morgan fingerprint density at radius 2 is 1.87 bits per heavy atom. The molecule has 0 saturated heterocycles. The van der Waals surface area contributed by atoms with Crippen molar-refractivity contribution in [1.29, 1.82) is 0 Å². The first-order valence-electron chi connectivity index (χ1n) is 5.73. The van der Waals surface area contributed by atoms with Crippen LogP contribution in [0.3, 0.4) is 0 Å². The van der Waals surface area contributed by atoms with Gasteiger partial charge in [0.05, 0.1) is 6.04 Å². The number of carbonyl (C=O) groups is 1. The average Bonchev–Trinajstić information content (AvgIpc) is 2.14. The van der Waals surface area contributed by atoms with Crippen molar-refractivity contribution in [2.24, 2.45) is 4.99 Å². The lowest BCUT2D eigenvalue weighted by molar-refractivity contribution is -0.145. The standard InChI is InChI=1S/C12H21NO2/c1-12(2,3)15-11(14)9-13-10-7-5-4-6-8-10/h9-10H,4-8H2,1-3H3. The lowest BCUT2D eigenvalue weighted by Gasteiger charge is -2.19. The number of aliphatic imine (C=N–C) groups is 1. The summed E-state index contributed by atoms with van der Waals surface area (Å²) in [4.78, 5) is 15.6. The van der Waals surface area contributed by atoms with E-state index in [4.69, 9.17) is 4.74 Å². The molecule has 15 heavy (non-hydrogen) atoms. The van der Waals surface area contributed by atoms with E-state index in [1.54, 1.807) is 0 Å². The quantitative estimate of drug-likeness (QED) is 0.520. The van der Waals surface area contributed by atoms with Crippen molar-refractivity contribution in [2.75, 3.05) is 0 Å². The van der Waals surface area contributed by atoms with Crippen LogP contribution in [-0.4, -0.2) is 23.8 Å². The van der Waals surface area contributed by atoms with Crippen LogP contribution in [0.1, 0.15) is 52.9 Å². The van der Waals surface area contributed by atoms with Gasteiger partial charge in [-0.2, -0.15) is 0 Å². The molecule has 0 aromatic heterocycles. The van der Waals surface area contributed by atoms with E-state index < -0.39 is 5.60 Å². The van der Waals surface area contributed by atoms with Gasteiger partial charge in [0.1, 0.15) is 11.8 Å². The van der Waals surface area contributed by atoms with Gasteiger partial charge in [-0.3, -0.25) is 4.99 Å². The van der Waals surface area contributed by atoms with Gasteiger partial charge in [0.25, 0.3) is 0 Å². The third kappa shape index (κ3) is 5.55. The van der Waals surface area contributed by atoms with Crippen LogP contribution in [0.4, 0.5) is 0 Å². The molecular formula is C12H21NO2. The summed E-state index contributed by atoms with van der Waals surface area (Å²) < 4.78 is 5.14. The second-order valence-electron chi connectivity index (χ2n) is 5.10. The molecule has 3 nitrogen and oxygen atoms in total. The fourth-order valence-corrected chi connectivity index (χ4v) is 1.72. The number of carbonyl (C=O) groups excluding carboxylic acids is 1. The Morgan fingerprint density at radius 3 is 2.40 bits per heavy atom. The maximum Gasteiger partial charge on any atom is 0.349 e. The summed E-state index contributed by atoms with van der Waals surface area (Å²) in [6.07, 6.45) is 7.34. The van der Waals surface area contributed by atoms with Crippen LogP contribution in [0, 0.1) is 0 Å². The number of hydrogen-bond acceptors (Lipinski definition) is 3. The van der Waals surface area contributed by atoms with E-state index >= 15 is 0 Å². The predicted octanol–water partition coefficient (Wildman–Crippen LogP) is 2.73. The van der Waals surface area contributed by atoms with Gasteiger partial charge in [-0.1, -0.05) is 19.3 Å². The Kier molecular flexibility index (Phi) is 4.30. The number of rotatable bonds is 2. The van der Waals surface area contributed by atoms with Crippen molar-refractivity contribution in [2.45, 2.75) is 64.5 Å². The van der Waals surface area contributed by atoms with Gasteiger partial charge < -0.3 is 4.74 Å². The summed E-state index contributed by atoms with van der Waals surface area (Å²) in [6.45, 7) is 5.58. The summed E-state index contributed by atoms with van der Waals surface area (Å²) in [5.74, 6) is -0.326. The zero-order chi connectivity index (χ0) is 11.3. The van der Waals surface area contributed by atoms with Gasteiger partial charge in [-0.05, 0) is 33.6 Å². The van der Waals surface area contributed by atoms with Crippen molar-refractivity contribution < 1.29 is 9.53 Å². The molecule has 1 fully saturated rings. The largest absolute Gasteiger partial charge is 0.456 e. The van der Waals surface area contributed by atoms with E-state index in [0.29, 0.717) is 6.04 Å². The maximum absolute atomic E-state index is 11.3. The fraction of sp³-hybridized carbons (Fsp3) is 0.833. The smallest absolute Gasteiger partial charge is 0.349 e. The van der Waals surface area contributed by atoms with Gasteiger partial charge in [-0.25, -0.2) is 4.79 Å². The molecule has 0 aromatic carbocycles. The molecule has 3 heteroatoms. The minimum absolute atomic E-state index is 0.326. The Hall–Kier alpha value is -0.860. The Morgan fingerprint density at radius 1 is 1.27 bits per heavy atom. The van der Waals surface area contributed by atoms with Gasteiger partial charge in [0.15, 0.2) is 0 Å². The zero-order valence-electron chi connectivity index (χ0n) is 9.95. The molecule has 0 aromatic rings. The van der Waals surface area contributed by atoms with Crippen LogP contribution in [0.15, 0.2) is 4.99 Å². The highest BCUT2D eigenvalue weighted by Gasteiger charge is 2.16. The van der Waals surface area contributed by atoms with E-state index in [9.17, 15) is 4.79 Å². The van der Waals surface area contributed by atoms with Crippen LogP contribution in [-0.2, 0) is 9.53 Å². The Bertz CT molecular complexity index is 234. The van der Waals surface area contributed by atoms with Crippen molar-refractivity contribution in [3.05, 3.63) is 0 Å². The highest BCUT2D eigenvalue weighted by atomic mass is 16.6. The van der Waals surface area contributed by atoms with E-state index in [2.05, 4.69) is 4.99 Å². The lowest BCUT2D eigenvalue weighted by Crippen LogP contribution is -2.25. The normalized spacial score (nSPS) is 19.4. The molecule has 1 rings (SSSR count). The van der Waals surface area contributed by atoms with Gasteiger partial charge in [0, 0.05) is 0 Å². The molecule has 0 unspecified atom stereocenters. The van der Waals surface area contributed by atoms with Crippen LogP contribution in [0.5, 0.6) is 0 Å². The van der Waals surface area contributed by atoms with Crippen molar-refractivity contribution in [3.63, 3.8) is 0 Å². The minimum atomic E-state index is -0.421. The third-order valence-corrected chi connectivity index (χ3v) is 2.37. The van der Waals surface area contributed by atoms with Gasteiger partial charge in [0.2, 0.25) is 0 Å². The molecular weight excluding hydrogens is 190 g/mol. The highest BCUT2D eigenvalue weighted by Crippen LogP contribution is 2.19. The average molecular weight is 211 g/mol. The molecule has 0 aliphatic heterocycles.